The highest BCUT2D eigenvalue weighted by Gasteiger charge is 2.33. The van der Waals surface area contributed by atoms with Crippen molar-refractivity contribution in [3.05, 3.63) is 117 Å². The number of ether oxygens (including phenoxy) is 2. The number of aromatic nitrogens is 1. The van der Waals surface area contributed by atoms with Gasteiger partial charge in [0.1, 0.15) is 18.1 Å². The molecule has 4 aromatic rings. The van der Waals surface area contributed by atoms with Gasteiger partial charge in [-0.1, -0.05) is 46.7 Å². The number of furan rings is 1. The van der Waals surface area contributed by atoms with E-state index in [1.165, 1.54) is 36.0 Å². The number of nitrogens with zero attached hydrogens (tertiary/aromatic N) is 3. The van der Waals surface area contributed by atoms with E-state index in [4.69, 9.17) is 37.1 Å². The molecule has 2 aromatic carbocycles. The number of carbonyl (C=O) groups excluding carboxylic acids is 1. The van der Waals surface area contributed by atoms with Crippen LogP contribution in [0.1, 0.15) is 24.3 Å². The molecule has 0 saturated carbocycles. The lowest BCUT2D eigenvalue weighted by molar-refractivity contribution is -0.384. The highest BCUT2D eigenvalue weighted by Crippen LogP contribution is 2.34. The fraction of sp³-hybridized carbons (Fsp3) is 0.179. The summed E-state index contributed by atoms with van der Waals surface area (Å²) in [7, 11) is 1.50. The third-order valence-corrected chi connectivity index (χ3v) is 7.74. The smallest absolute Gasteiger partial charge is 0.338 e. The van der Waals surface area contributed by atoms with Gasteiger partial charge in [-0.2, -0.15) is 0 Å². The standard InChI is InChI=1S/C28H21Cl2N3O7S/c1-15-24(27(35)39-12-11-38-2)25(16-3-5-17(29)6-4-16)32-26(34)23(41-28(32)31-15)14-19-8-10-22(40-19)20-9-7-18(30)13-21(20)33(36)37/h3-10,13-14,25H,11-12H2,1-2H3. The van der Waals surface area contributed by atoms with Crippen LogP contribution in [-0.4, -0.2) is 35.8 Å². The quantitative estimate of drug-likeness (QED) is 0.120. The van der Waals surface area contributed by atoms with Crippen molar-refractivity contribution < 1.29 is 23.6 Å². The summed E-state index contributed by atoms with van der Waals surface area (Å²) in [6.07, 6.45) is 1.53. The van der Waals surface area contributed by atoms with Gasteiger partial charge in [-0.3, -0.25) is 19.5 Å². The molecule has 0 radical (unpaired) electrons. The summed E-state index contributed by atoms with van der Waals surface area (Å²) in [5, 5.41) is 12.3. The second-order valence-electron chi connectivity index (χ2n) is 8.88. The molecule has 1 atom stereocenters. The first-order valence-corrected chi connectivity index (χ1v) is 13.7. The van der Waals surface area contributed by atoms with Crippen LogP contribution in [0.2, 0.25) is 10.0 Å². The maximum Gasteiger partial charge on any atom is 0.338 e. The number of esters is 1. The van der Waals surface area contributed by atoms with Crippen molar-refractivity contribution in [3.8, 4) is 11.3 Å². The van der Waals surface area contributed by atoms with Crippen LogP contribution in [0.3, 0.4) is 0 Å². The zero-order valence-corrected chi connectivity index (χ0v) is 24.0. The van der Waals surface area contributed by atoms with Gasteiger partial charge in [-0.05, 0) is 48.9 Å². The van der Waals surface area contributed by atoms with E-state index in [-0.39, 0.29) is 45.4 Å². The summed E-state index contributed by atoms with van der Waals surface area (Å²) in [6, 6.07) is 13.5. The van der Waals surface area contributed by atoms with Crippen molar-refractivity contribution in [2.75, 3.05) is 20.3 Å². The van der Waals surface area contributed by atoms with Gasteiger partial charge < -0.3 is 13.9 Å². The van der Waals surface area contributed by atoms with Gasteiger partial charge in [0.05, 0.1) is 38.9 Å². The highest BCUT2D eigenvalue weighted by molar-refractivity contribution is 7.07. The Morgan fingerprint density at radius 2 is 1.88 bits per heavy atom. The van der Waals surface area contributed by atoms with Crippen molar-refractivity contribution in [1.82, 2.24) is 4.57 Å². The molecule has 1 aliphatic rings. The molecule has 0 bridgehead atoms. The number of allylic oxidation sites excluding steroid dienone is 1. The van der Waals surface area contributed by atoms with E-state index in [1.807, 2.05) is 0 Å². The number of methoxy groups -OCH3 is 1. The minimum atomic E-state index is -0.815. The summed E-state index contributed by atoms with van der Waals surface area (Å²) in [5.41, 5.74) is 0.911. The Labute approximate surface area is 246 Å². The van der Waals surface area contributed by atoms with Crippen molar-refractivity contribution in [2.24, 2.45) is 4.99 Å². The zero-order valence-electron chi connectivity index (χ0n) is 21.6. The van der Waals surface area contributed by atoms with E-state index in [1.54, 1.807) is 43.3 Å². The number of fused-ring (bicyclic) bond motifs is 1. The maximum absolute atomic E-state index is 13.8. The SMILES string of the molecule is COCCOC(=O)C1=C(C)N=c2sc(=Cc3ccc(-c4ccc(Cl)cc4[N+](=O)[O-])o3)c(=O)n2C1c1ccc(Cl)cc1. The molecule has 0 N–H and O–H groups in total. The van der Waals surface area contributed by atoms with E-state index >= 15 is 0 Å². The summed E-state index contributed by atoms with van der Waals surface area (Å²) in [6.45, 7) is 1.94. The number of carbonyl (C=O) groups is 1. The Kier molecular flexibility index (Phi) is 8.22. The third-order valence-electron chi connectivity index (χ3n) is 6.27. The lowest BCUT2D eigenvalue weighted by atomic mass is 9.96. The van der Waals surface area contributed by atoms with Gasteiger partial charge in [0, 0.05) is 29.3 Å². The van der Waals surface area contributed by atoms with Crippen molar-refractivity contribution in [3.63, 3.8) is 0 Å². The van der Waals surface area contributed by atoms with Crippen LogP contribution in [-0.2, 0) is 14.3 Å². The number of hydrogen-bond donors (Lipinski definition) is 0. The summed E-state index contributed by atoms with van der Waals surface area (Å²) >= 11 is 13.2. The van der Waals surface area contributed by atoms with Gasteiger partial charge >= 0.3 is 5.97 Å². The summed E-state index contributed by atoms with van der Waals surface area (Å²) in [4.78, 5) is 42.9. The molecular weight excluding hydrogens is 593 g/mol. The van der Waals surface area contributed by atoms with Gasteiger partial charge in [0.15, 0.2) is 4.80 Å². The molecule has 3 heterocycles. The minimum absolute atomic E-state index is 0.0382. The van der Waals surface area contributed by atoms with E-state index in [0.717, 1.165) is 11.3 Å². The van der Waals surface area contributed by atoms with E-state index < -0.39 is 22.5 Å². The van der Waals surface area contributed by atoms with Gasteiger partial charge in [-0.15, -0.1) is 0 Å². The number of halogens is 2. The average Bonchev–Trinajstić information content (AvgIpc) is 3.52. The molecule has 41 heavy (non-hydrogen) atoms. The molecule has 2 aromatic heterocycles. The zero-order chi connectivity index (χ0) is 29.3. The maximum atomic E-state index is 13.8. The van der Waals surface area contributed by atoms with Crippen molar-refractivity contribution in [2.45, 2.75) is 13.0 Å². The summed E-state index contributed by atoms with van der Waals surface area (Å²) in [5.74, 6) is -0.0754. The first kappa shape index (κ1) is 28.5. The van der Waals surface area contributed by atoms with E-state index in [9.17, 15) is 19.7 Å². The highest BCUT2D eigenvalue weighted by atomic mass is 35.5. The molecule has 1 aliphatic heterocycles. The van der Waals surface area contributed by atoms with Crippen LogP contribution >= 0.6 is 34.5 Å². The number of nitro groups is 1. The first-order chi connectivity index (χ1) is 19.7. The fourth-order valence-corrected chi connectivity index (χ4v) is 5.73. The first-order valence-electron chi connectivity index (χ1n) is 12.2. The number of rotatable bonds is 8. The van der Waals surface area contributed by atoms with Crippen LogP contribution < -0.4 is 14.9 Å². The molecule has 0 saturated heterocycles. The number of benzene rings is 2. The lowest BCUT2D eigenvalue weighted by Gasteiger charge is -2.24. The number of thiazole rings is 1. The Balaban J connectivity index is 1.60. The van der Waals surface area contributed by atoms with E-state index in [0.29, 0.717) is 26.8 Å². The van der Waals surface area contributed by atoms with Gasteiger partial charge in [0.2, 0.25) is 0 Å². The lowest BCUT2D eigenvalue weighted by Crippen LogP contribution is -2.40. The fourth-order valence-electron chi connectivity index (χ4n) is 4.41. The van der Waals surface area contributed by atoms with Crippen LogP contribution in [0, 0.1) is 10.1 Å². The topological polar surface area (TPSA) is 126 Å². The minimum Gasteiger partial charge on any atom is -0.460 e. The van der Waals surface area contributed by atoms with Crippen molar-refractivity contribution >= 4 is 52.3 Å². The molecule has 5 rings (SSSR count). The Bertz CT molecular complexity index is 1870. The Morgan fingerprint density at radius 1 is 1.15 bits per heavy atom. The van der Waals surface area contributed by atoms with Crippen molar-refractivity contribution in [1.29, 1.82) is 0 Å². The van der Waals surface area contributed by atoms with Crippen LogP contribution in [0.25, 0.3) is 17.4 Å². The van der Waals surface area contributed by atoms with Crippen LogP contribution in [0.5, 0.6) is 0 Å². The van der Waals surface area contributed by atoms with Crippen LogP contribution in [0.15, 0.2) is 80.1 Å². The van der Waals surface area contributed by atoms with E-state index in [2.05, 4.69) is 4.99 Å². The molecule has 0 amide bonds. The van der Waals surface area contributed by atoms with Gasteiger partial charge in [-0.25, -0.2) is 9.79 Å². The number of hydrogen-bond acceptors (Lipinski definition) is 9. The summed E-state index contributed by atoms with van der Waals surface area (Å²) < 4.78 is 18.0. The average molecular weight is 614 g/mol. The Morgan fingerprint density at radius 3 is 2.59 bits per heavy atom. The molecule has 1 unspecified atom stereocenters. The monoisotopic (exact) mass is 613 g/mol. The molecular formula is C28H21Cl2N3O7S. The molecule has 0 aliphatic carbocycles. The largest absolute Gasteiger partial charge is 0.460 e. The normalized spacial score (nSPS) is 15.0. The number of nitro benzene ring substituents is 1. The molecule has 10 nitrogen and oxygen atoms in total. The predicted octanol–water partition coefficient (Wildman–Crippen LogP) is 4.90. The molecule has 210 valence electrons. The second-order valence-corrected chi connectivity index (χ2v) is 10.8. The molecule has 13 heteroatoms. The third kappa shape index (κ3) is 5.75. The molecule has 0 fully saturated rings. The van der Waals surface area contributed by atoms with Gasteiger partial charge in [0.25, 0.3) is 11.2 Å². The second kappa shape index (κ2) is 11.8. The predicted molar refractivity (Wildman–Crippen MR) is 154 cm³/mol. The molecule has 0 spiro atoms. The Hall–Kier alpha value is -4.03. The van der Waals surface area contributed by atoms with Crippen LogP contribution in [0.4, 0.5) is 5.69 Å².